The van der Waals surface area contributed by atoms with E-state index >= 15 is 0 Å². The van der Waals surface area contributed by atoms with Gasteiger partial charge in [0.15, 0.2) is 11.6 Å². The third-order valence-corrected chi connectivity index (χ3v) is 3.14. The second-order valence-corrected chi connectivity index (χ2v) is 3.98. The van der Waals surface area contributed by atoms with E-state index in [-0.39, 0.29) is 0 Å². The number of halogens is 1. The van der Waals surface area contributed by atoms with Crippen LogP contribution in [0.1, 0.15) is 5.69 Å². The fourth-order valence-corrected chi connectivity index (χ4v) is 1.34. The minimum Gasteiger partial charge on any atom is -0.383 e. The zero-order chi connectivity index (χ0) is 10.8. The van der Waals surface area contributed by atoms with Gasteiger partial charge in [-0.25, -0.2) is 19.9 Å². The highest BCUT2D eigenvalue weighted by atomic mass is 127. The molecule has 0 unspecified atom stereocenters. The van der Waals surface area contributed by atoms with Gasteiger partial charge in [-0.2, -0.15) is 0 Å². The molecule has 2 rings (SSSR count). The Bertz CT molecular complexity index is 462. The van der Waals surface area contributed by atoms with Crippen molar-refractivity contribution in [3.8, 4) is 11.6 Å². The minimum atomic E-state index is 0.463. The number of aromatic nitrogens is 4. The van der Waals surface area contributed by atoms with Crippen LogP contribution in [0.3, 0.4) is 0 Å². The maximum absolute atomic E-state index is 5.74. The Morgan fingerprint density at radius 1 is 1.13 bits per heavy atom. The monoisotopic (exact) mass is 313 g/mol. The smallest absolute Gasteiger partial charge is 0.199 e. The highest BCUT2D eigenvalue weighted by Crippen LogP contribution is 2.18. The van der Waals surface area contributed by atoms with Crippen molar-refractivity contribution in [2.45, 2.75) is 6.92 Å². The third kappa shape index (κ3) is 2.04. The maximum Gasteiger partial charge on any atom is 0.199 e. The number of aryl methyl sites for hydroxylation is 1. The summed E-state index contributed by atoms with van der Waals surface area (Å²) in [5, 5.41) is 0. The van der Waals surface area contributed by atoms with E-state index in [1.54, 1.807) is 18.5 Å². The summed E-state index contributed by atoms with van der Waals surface area (Å²) in [5.74, 6) is 1.42. The fraction of sp³-hybridized carbons (Fsp3) is 0.111. The molecular formula is C9H8IN5. The predicted molar refractivity (Wildman–Crippen MR) is 64.9 cm³/mol. The molecule has 2 aromatic rings. The molecule has 15 heavy (non-hydrogen) atoms. The lowest BCUT2D eigenvalue weighted by molar-refractivity contribution is 1.04. The van der Waals surface area contributed by atoms with Crippen LogP contribution >= 0.6 is 22.6 Å². The summed E-state index contributed by atoms with van der Waals surface area (Å²) in [6.45, 7) is 1.88. The number of anilines is 1. The molecule has 0 amide bonds. The molecule has 0 aromatic carbocycles. The van der Waals surface area contributed by atoms with Gasteiger partial charge in [-0.05, 0) is 35.6 Å². The number of nitrogens with two attached hydrogens (primary N) is 1. The maximum atomic E-state index is 5.74. The van der Waals surface area contributed by atoms with E-state index in [0.29, 0.717) is 17.5 Å². The first-order valence-corrected chi connectivity index (χ1v) is 5.33. The zero-order valence-electron chi connectivity index (χ0n) is 7.98. The van der Waals surface area contributed by atoms with Crippen molar-refractivity contribution < 1.29 is 0 Å². The second-order valence-electron chi connectivity index (χ2n) is 2.90. The highest BCUT2D eigenvalue weighted by molar-refractivity contribution is 14.1. The number of rotatable bonds is 1. The van der Waals surface area contributed by atoms with Gasteiger partial charge in [-0.3, -0.25) is 0 Å². The van der Waals surface area contributed by atoms with E-state index in [1.165, 1.54) is 0 Å². The van der Waals surface area contributed by atoms with E-state index in [0.717, 1.165) is 9.26 Å². The molecule has 0 fully saturated rings. The van der Waals surface area contributed by atoms with Crippen LogP contribution in [-0.2, 0) is 0 Å². The van der Waals surface area contributed by atoms with Gasteiger partial charge in [-0.15, -0.1) is 0 Å². The van der Waals surface area contributed by atoms with E-state index in [9.17, 15) is 0 Å². The molecule has 0 atom stereocenters. The summed E-state index contributed by atoms with van der Waals surface area (Å²) < 4.78 is 0.868. The van der Waals surface area contributed by atoms with E-state index < -0.39 is 0 Å². The summed E-state index contributed by atoms with van der Waals surface area (Å²) in [6, 6.07) is 1.74. The van der Waals surface area contributed by atoms with Crippen molar-refractivity contribution in [2.75, 3.05) is 5.73 Å². The molecule has 0 aliphatic carbocycles. The van der Waals surface area contributed by atoms with Crippen molar-refractivity contribution in [1.82, 2.24) is 19.9 Å². The van der Waals surface area contributed by atoms with Crippen molar-refractivity contribution in [3.05, 3.63) is 27.7 Å². The Morgan fingerprint density at radius 2 is 1.80 bits per heavy atom. The molecule has 0 aliphatic rings. The number of nitrogens with zero attached hydrogens (tertiary/aromatic N) is 4. The Labute approximate surface area is 100 Å². The van der Waals surface area contributed by atoms with Crippen LogP contribution in [0.15, 0.2) is 18.5 Å². The Kier molecular flexibility index (Phi) is 2.76. The van der Waals surface area contributed by atoms with Gasteiger partial charge >= 0.3 is 0 Å². The van der Waals surface area contributed by atoms with Crippen LogP contribution in [0.2, 0.25) is 0 Å². The van der Waals surface area contributed by atoms with E-state index in [2.05, 4.69) is 42.5 Å². The molecule has 5 nitrogen and oxygen atoms in total. The SMILES string of the molecule is Cc1nc(-c2ncccn2)nc(N)c1I. The van der Waals surface area contributed by atoms with Gasteiger partial charge in [0.2, 0.25) is 0 Å². The molecule has 2 heterocycles. The zero-order valence-corrected chi connectivity index (χ0v) is 10.1. The molecule has 0 aliphatic heterocycles. The number of hydrogen-bond acceptors (Lipinski definition) is 5. The average Bonchev–Trinajstić information content (AvgIpc) is 2.26. The normalized spacial score (nSPS) is 10.3. The Hall–Kier alpha value is -1.31. The first-order chi connectivity index (χ1) is 7.18. The summed E-state index contributed by atoms with van der Waals surface area (Å²) in [4.78, 5) is 16.6. The molecule has 0 radical (unpaired) electrons. The van der Waals surface area contributed by atoms with Gasteiger partial charge < -0.3 is 5.73 Å². The lowest BCUT2D eigenvalue weighted by atomic mass is 10.4. The van der Waals surface area contributed by atoms with Crippen molar-refractivity contribution in [3.63, 3.8) is 0 Å². The molecule has 0 saturated carbocycles. The van der Waals surface area contributed by atoms with E-state index in [1.807, 2.05) is 6.92 Å². The topological polar surface area (TPSA) is 77.6 Å². The first-order valence-electron chi connectivity index (χ1n) is 4.25. The van der Waals surface area contributed by atoms with Crippen molar-refractivity contribution in [1.29, 1.82) is 0 Å². The summed E-state index contributed by atoms with van der Waals surface area (Å²) >= 11 is 2.11. The van der Waals surface area contributed by atoms with E-state index in [4.69, 9.17) is 5.73 Å². The quantitative estimate of drug-likeness (QED) is 0.806. The van der Waals surface area contributed by atoms with Gasteiger partial charge in [0.05, 0.1) is 9.26 Å². The fourth-order valence-electron chi connectivity index (χ4n) is 1.10. The number of nitrogen functional groups attached to an aromatic ring is 1. The first kappa shape index (κ1) is 10.2. The average molecular weight is 313 g/mol. The second kappa shape index (κ2) is 4.05. The Morgan fingerprint density at radius 3 is 2.40 bits per heavy atom. The standard InChI is InChI=1S/C9H8IN5/c1-5-6(10)7(11)15-9(14-5)8-12-3-2-4-13-8/h2-4H,1H3,(H2,11,14,15). The van der Waals surface area contributed by atoms with Crippen LogP contribution in [-0.4, -0.2) is 19.9 Å². The summed E-state index contributed by atoms with van der Waals surface area (Å²) in [7, 11) is 0. The van der Waals surface area contributed by atoms with Gasteiger partial charge in [0, 0.05) is 12.4 Å². The molecule has 0 saturated heterocycles. The van der Waals surface area contributed by atoms with Crippen LogP contribution < -0.4 is 5.73 Å². The molecule has 6 heteroatoms. The summed E-state index contributed by atoms with van der Waals surface area (Å²) in [6.07, 6.45) is 3.30. The molecule has 2 aromatic heterocycles. The lowest BCUT2D eigenvalue weighted by Crippen LogP contribution is -2.03. The minimum absolute atomic E-state index is 0.463. The molecule has 0 bridgehead atoms. The summed E-state index contributed by atoms with van der Waals surface area (Å²) in [5.41, 5.74) is 6.58. The van der Waals surface area contributed by atoms with Crippen LogP contribution in [0.5, 0.6) is 0 Å². The lowest BCUT2D eigenvalue weighted by Gasteiger charge is -2.03. The molecular weight excluding hydrogens is 305 g/mol. The highest BCUT2D eigenvalue weighted by Gasteiger charge is 2.09. The largest absolute Gasteiger partial charge is 0.383 e. The van der Waals surface area contributed by atoms with Crippen LogP contribution in [0.25, 0.3) is 11.6 Å². The van der Waals surface area contributed by atoms with Crippen LogP contribution in [0, 0.1) is 10.5 Å². The van der Waals surface area contributed by atoms with Crippen molar-refractivity contribution in [2.24, 2.45) is 0 Å². The van der Waals surface area contributed by atoms with Crippen LogP contribution in [0.4, 0.5) is 5.82 Å². The number of hydrogen-bond donors (Lipinski definition) is 1. The predicted octanol–water partition coefficient (Wildman–Crippen LogP) is 1.43. The Balaban J connectivity index is 2.56. The van der Waals surface area contributed by atoms with Gasteiger partial charge in [0.25, 0.3) is 0 Å². The molecule has 76 valence electrons. The molecule has 0 spiro atoms. The van der Waals surface area contributed by atoms with Gasteiger partial charge in [-0.1, -0.05) is 0 Å². The van der Waals surface area contributed by atoms with Crippen molar-refractivity contribution >= 4 is 28.4 Å². The van der Waals surface area contributed by atoms with Gasteiger partial charge in [0.1, 0.15) is 5.82 Å². The third-order valence-electron chi connectivity index (χ3n) is 1.81. The molecule has 2 N–H and O–H groups in total.